The van der Waals surface area contributed by atoms with E-state index in [0.29, 0.717) is 17.5 Å². The number of rotatable bonds is 3. The minimum Gasteiger partial charge on any atom is -0.208 e. The average molecular weight is 526 g/mol. The van der Waals surface area contributed by atoms with Crippen molar-refractivity contribution in [3.8, 4) is 45.3 Å². The van der Waals surface area contributed by atoms with Gasteiger partial charge in [-0.2, -0.15) is 0 Å². The second-order valence-electron chi connectivity index (χ2n) is 11.4. The van der Waals surface area contributed by atoms with Gasteiger partial charge < -0.3 is 0 Å². The van der Waals surface area contributed by atoms with E-state index in [1.807, 2.05) is 0 Å². The maximum atomic E-state index is 5.06. The fourth-order valence-corrected chi connectivity index (χ4v) is 6.28. The van der Waals surface area contributed by atoms with E-state index < -0.39 is 0 Å². The molecular formula is C38H27N3. The Kier molecular flexibility index (Phi) is 5.17. The topological polar surface area (TPSA) is 38.7 Å². The van der Waals surface area contributed by atoms with Gasteiger partial charge in [0.05, 0.1) is 0 Å². The highest BCUT2D eigenvalue weighted by molar-refractivity contribution is 5.89. The zero-order valence-corrected chi connectivity index (χ0v) is 23.0. The van der Waals surface area contributed by atoms with Gasteiger partial charge >= 0.3 is 0 Å². The summed E-state index contributed by atoms with van der Waals surface area (Å²) in [5.41, 5.74) is 8.12. The Morgan fingerprint density at radius 3 is 1.41 bits per heavy atom. The van der Waals surface area contributed by atoms with Crippen molar-refractivity contribution in [2.75, 3.05) is 0 Å². The minimum atomic E-state index is -0.0456. The highest BCUT2D eigenvalue weighted by Gasteiger charge is 2.35. The molecule has 0 spiro atoms. The number of hydrogen-bond donors (Lipinski definition) is 0. The van der Waals surface area contributed by atoms with Crippen LogP contribution in [0.4, 0.5) is 0 Å². The van der Waals surface area contributed by atoms with E-state index in [4.69, 9.17) is 15.0 Å². The van der Waals surface area contributed by atoms with E-state index in [0.717, 1.165) is 27.5 Å². The molecule has 0 saturated heterocycles. The first-order chi connectivity index (χ1) is 20.0. The van der Waals surface area contributed by atoms with E-state index in [1.165, 1.54) is 33.0 Å². The van der Waals surface area contributed by atoms with Crippen LogP contribution >= 0.6 is 0 Å². The van der Waals surface area contributed by atoms with Crippen molar-refractivity contribution in [1.82, 2.24) is 15.0 Å². The van der Waals surface area contributed by atoms with Crippen molar-refractivity contribution in [2.24, 2.45) is 0 Å². The largest absolute Gasteiger partial charge is 0.208 e. The summed E-state index contributed by atoms with van der Waals surface area (Å²) < 4.78 is 0. The Bertz CT molecular complexity index is 2040. The van der Waals surface area contributed by atoms with Gasteiger partial charge in [-0.1, -0.05) is 123 Å². The van der Waals surface area contributed by atoms with Gasteiger partial charge in [0, 0.05) is 22.1 Å². The first-order valence-corrected chi connectivity index (χ1v) is 14.0. The summed E-state index contributed by atoms with van der Waals surface area (Å²) >= 11 is 0. The van der Waals surface area contributed by atoms with Gasteiger partial charge in [0.25, 0.3) is 0 Å². The second kappa shape index (κ2) is 8.94. The molecule has 0 unspecified atom stereocenters. The van der Waals surface area contributed by atoms with E-state index >= 15 is 0 Å². The van der Waals surface area contributed by atoms with Crippen LogP contribution in [0.5, 0.6) is 0 Å². The van der Waals surface area contributed by atoms with E-state index in [9.17, 15) is 0 Å². The van der Waals surface area contributed by atoms with Gasteiger partial charge in [-0.25, -0.2) is 15.0 Å². The lowest BCUT2D eigenvalue weighted by Crippen LogP contribution is -2.14. The lowest BCUT2D eigenvalue weighted by molar-refractivity contribution is 0.660. The molecule has 6 aromatic carbocycles. The van der Waals surface area contributed by atoms with Crippen LogP contribution in [0.15, 0.2) is 127 Å². The van der Waals surface area contributed by atoms with Crippen LogP contribution in [0, 0.1) is 0 Å². The molecule has 0 amide bonds. The van der Waals surface area contributed by atoms with E-state index in [-0.39, 0.29) is 5.41 Å². The van der Waals surface area contributed by atoms with Crippen LogP contribution in [-0.2, 0) is 5.41 Å². The van der Waals surface area contributed by atoms with Crippen LogP contribution in [0.3, 0.4) is 0 Å². The Balaban J connectivity index is 1.34. The van der Waals surface area contributed by atoms with E-state index in [2.05, 4.69) is 141 Å². The standard InChI is InChI=1S/C38H27N3/c1-38(2)33-14-8-7-13-31(33)32-23-30(19-20-34(32)38)37-40-35(28-17-15-24-9-3-5-11-26(24)21-28)39-36(41-37)29-18-16-25-10-4-6-12-27(25)22-29/h3-23H,1-2H3. The lowest BCUT2D eigenvalue weighted by atomic mass is 9.82. The van der Waals surface area contributed by atoms with Crippen molar-refractivity contribution in [3.05, 3.63) is 139 Å². The normalized spacial score (nSPS) is 13.3. The number of hydrogen-bond acceptors (Lipinski definition) is 3. The molecule has 8 rings (SSSR count). The van der Waals surface area contributed by atoms with Gasteiger partial charge in [-0.3, -0.25) is 0 Å². The fraction of sp³-hybridized carbons (Fsp3) is 0.0789. The Morgan fingerprint density at radius 1 is 0.390 bits per heavy atom. The molecule has 194 valence electrons. The minimum absolute atomic E-state index is 0.0456. The number of nitrogens with zero attached hydrogens (tertiary/aromatic N) is 3. The summed E-state index contributed by atoms with van der Waals surface area (Å²) in [6.45, 7) is 4.60. The molecule has 3 nitrogen and oxygen atoms in total. The molecule has 3 heteroatoms. The number of fused-ring (bicyclic) bond motifs is 5. The van der Waals surface area contributed by atoms with Gasteiger partial charge in [0.15, 0.2) is 17.5 Å². The average Bonchev–Trinajstić information content (AvgIpc) is 3.26. The highest BCUT2D eigenvalue weighted by atomic mass is 15.0. The van der Waals surface area contributed by atoms with Crippen LogP contribution in [0.2, 0.25) is 0 Å². The van der Waals surface area contributed by atoms with Crippen molar-refractivity contribution >= 4 is 21.5 Å². The summed E-state index contributed by atoms with van der Waals surface area (Å²) in [5, 5.41) is 4.71. The molecule has 41 heavy (non-hydrogen) atoms. The monoisotopic (exact) mass is 525 g/mol. The van der Waals surface area contributed by atoms with Crippen LogP contribution in [0.25, 0.3) is 66.8 Å². The Labute approximate surface area is 239 Å². The summed E-state index contributed by atoms with van der Waals surface area (Å²) in [7, 11) is 0. The fourth-order valence-electron chi connectivity index (χ4n) is 6.28. The third kappa shape index (κ3) is 3.85. The Morgan fingerprint density at radius 2 is 0.829 bits per heavy atom. The third-order valence-corrected chi connectivity index (χ3v) is 8.49. The van der Waals surface area contributed by atoms with Crippen molar-refractivity contribution in [1.29, 1.82) is 0 Å². The molecule has 1 aliphatic carbocycles. The molecule has 7 aromatic rings. The predicted octanol–water partition coefficient (Wildman–Crippen LogP) is 9.49. The van der Waals surface area contributed by atoms with Crippen LogP contribution < -0.4 is 0 Å². The molecule has 0 radical (unpaired) electrons. The predicted molar refractivity (Wildman–Crippen MR) is 169 cm³/mol. The van der Waals surface area contributed by atoms with Crippen molar-refractivity contribution < 1.29 is 0 Å². The molecule has 0 bridgehead atoms. The molecule has 0 aliphatic heterocycles. The first kappa shape index (κ1) is 23.7. The summed E-state index contributed by atoms with van der Waals surface area (Å²) in [6.07, 6.45) is 0. The number of benzene rings is 6. The number of aromatic nitrogens is 3. The van der Waals surface area contributed by atoms with Crippen molar-refractivity contribution in [2.45, 2.75) is 19.3 Å². The van der Waals surface area contributed by atoms with Crippen LogP contribution in [0.1, 0.15) is 25.0 Å². The van der Waals surface area contributed by atoms with Gasteiger partial charge in [0.2, 0.25) is 0 Å². The smallest absolute Gasteiger partial charge is 0.164 e. The summed E-state index contributed by atoms with van der Waals surface area (Å²) in [4.78, 5) is 15.2. The molecule has 1 heterocycles. The van der Waals surface area contributed by atoms with Crippen molar-refractivity contribution in [3.63, 3.8) is 0 Å². The SMILES string of the molecule is CC1(C)c2ccccc2-c2cc(-c3nc(-c4ccc5ccccc5c4)nc(-c4ccc5ccccc5c4)n3)ccc21. The molecule has 1 aliphatic rings. The second-order valence-corrected chi connectivity index (χ2v) is 11.4. The molecule has 0 atom stereocenters. The van der Waals surface area contributed by atoms with Gasteiger partial charge in [0.1, 0.15) is 0 Å². The summed E-state index contributed by atoms with van der Waals surface area (Å²) in [6, 6.07) is 45.0. The molecule has 0 fully saturated rings. The Hall–Kier alpha value is -5.15. The molecule has 1 aromatic heterocycles. The van der Waals surface area contributed by atoms with Crippen LogP contribution in [-0.4, -0.2) is 15.0 Å². The van der Waals surface area contributed by atoms with Gasteiger partial charge in [-0.15, -0.1) is 0 Å². The lowest BCUT2D eigenvalue weighted by Gasteiger charge is -2.21. The highest BCUT2D eigenvalue weighted by Crippen LogP contribution is 2.49. The molecule has 0 N–H and O–H groups in total. The summed E-state index contributed by atoms with van der Waals surface area (Å²) in [5.74, 6) is 2.02. The third-order valence-electron chi connectivity index (χ3n) is 8.49. The first-order valence-electron chi connectivity index (χ1n) is 14.0. The molecule has 0 saturated carbocycles. The zero-order chi connectivity index (χ0) is 27.6. The quantitative estimate of drug-likeness (QED) is 0.231. The zero-order valence-electron chi connectivity index (χ0n) is 23.0. The molecular weight excluding hydrogens is 498 g/mol. The van der Waals surface area contributed by atoms with E-state index in [1.54, 1.807) is 0 Å². The van der Waals surface area contributed by atoms with Gasteiger partial charge in [-0.05, 0) is 62.0 Å². The maximum Gasteiger partial charge on any atom is 0.164 e. The maximum absolute atomic E-state index is 5.06.